The Hall–Kier alpha value is -0.120. The lowest BCUT2D eigenvalue weighted by Gasteiger charge is -2.36. The van der Waals surface area contributed by atoms with E-state index in [2.05, 4.69) is 17.6 Å². The van der Waals surface area contributed by atoms with Crippen molar-refractivity contribution in [2.75, 3.05) is 26.3 Å². The van der Waals surface area contributed by atoms with Gasteiger partial charge in [0.25, 0.3) is 0 Å². The van der Waals surface area contributed by atoms with Crippen molar-refractivity contribution < 1.29 is 4.74 Å². The van der Waals surface area contributed by atoms with Crippen molar-refractivity contribution in [2.45, 2.75) is 76.8 Å². The SMILES string of the molecule is CCCCOCCCNC1CCCCC1C1CCCN1. The number of hydrogen-bond acceptors (Lipinski definition) is 3. The van der Waals surface area contributed by atoms with Crippen LogP contribution in [-0.4, -0.2) is 38.4 Å². The second-order valence-electron chi connectivity index (χ2n) is 6.53. The van der Waals surface area contributed by atoms with Gasteiger partial charge in [-0.25, -0.2) is 0 Å². The molecule has 2 N–H and O–H groups in total. The molecule has 2 fully saturated rings. The van der Waals surface area contributed by atoms with Crippen LogP contribution >= 0.6 is 0 Å². The number of hydrogen-bond donors (Lipinski definition) is 2. The highest BCUT2D eigenvalue weighted by molar-refractivity contribution is 4.91. The van der Waals surface area contributed by atoms with Crippen LogP contribution in [0, 0.1) is 5.92 Å². The maximum absolute atomic E-state index is 5.64. The van der Waals surface area contributed by atoms with Crippen LogP contribution in [-0.2, 0) is 4.74 Å². The fourth-order valence-electron chi connectivity index (χ4n) is 3.78. The molecule has 3 nitrogen and oxygen atoms in total. The van der Waals surface area contributed by atoms with Crippen molar-refractivity contribution >= 4 is 0 Å². The van der Waals surface area contributed by atoms with Crippen molar-refractivity contribution in [3.05, 3.63) is 0 Å². The standard InChI is InChI=1S/C17H34N2O/c1-2-3-13-20-14-7-12-19-16-9-5-4-8-15(16)17-10-6-11-18-17/h15-19H,2-14H2,1H3. The highest BCUT2D eigenvalue weighted by Gasteiger charge is 2.32. The monoisotopic (exact) mass is 282 g/mol. The molecular formula is C17H34N2O. The molecule has 0 aromatic heterocycles. The Balaban J connectivity index is 1.59. The molecule has 1 heterocycles. The van der Waals surface area contributed by atoms with Gasteiger partial charge in [0.2, 0.25) is 0 Å². The predicted molar refractivity (Wildman–Crippen MR) is 85.1 cm³/mol. The van der Waals surface area contributed by atoms with Crippen LogP contribution in [0.25, 0.3) is 0 Å². The minimum absolute atomic E-state index is 0.745. The van der Waals surface area contributed by atoms with Crippen LogP contribution in [0.2, 0.25) is 0 Å². The van der Waals surface area contributed by atoms with Gasteiger partial charge in [0.15, 0.2) is 0 Å². The summed E-state index contributed by atoms with van der Waals surface area (Å²) in [6.45, 7) is 6.44. The maximum Gasteiger partial charge on any atom is 0.0478 e. The summed E-state index contributed by atoms with van der Waals surface area (Å²) in [6.07, 6.45) is 12.0. The molecule has 1 aliphatic heterocycles. The normalized spacial score (nSPS) is 30.8. The Morgan fingerprint density at radius 3 is 2.70 bits per heavy atom. The maximum atomic E-state index is 5.64. The smallest absolute Gasteiger partial charge is 0.0478 e. The first kappa shape index (κ1) is 16.3. The molecule has 118 valence electrons. The van der Waals surface area contributed by atoms with Gasteiger partial charge in [0.1, 0.15) is 0 Å². The summed E-state index contributed by atoms with van der Waals surface area (Å²) in [5, 5.41) is 7.54. The van der Waals surface area contributed by atoms with Crippen LogP contribution in [0.15, 0.2) is 0 Å². The molecule has 20 heavy (non-hydrogen) atoms. The lowest BCUT2D eigenvalue weighted by molar-refractivity contribution is 0.125. The Kier molecular flexibility index (Phi) is 7.92. The molecule has 3 atom stereocenters. The molecule has 2 aliphatic rings. The second-order valence-corrected chi connectivity index (χ2v) is 6.53. The van der Waals surface area contributed by atoms with E-state index in [4.69, 9.17) is 4.74 Å². The molecule has 3 unspecified atom stereocenters. The first-order chi connectivity index (χ1) is 9.92. The number of nitrogens with one attached hydrogen (secondary N) is 2. The van der Waals surface area contributed by atoms with Gasteiger partial charge in [-0.05, 0) is 57.5 Å². The number of ether oxygens (including phenoxy) is 1. The van der Waals surface area contributed by atoms with Crippen molar-refractivity contribution in [2.24, 2.45) is 5.92 Å². The van der Waals surface area contributed by atoms with E-state index < -0.39 is 0 Å². The Bertz CT molecular complexity index is 241. The molecule has 0 amide bonds. The quantitative estimate of drug-likeness (QED) is 0.638. The van der Waals surface area contributed by atoms with E-state index in [-0.39, 0.29) is 0 Å². The second kappa shape index (κ2) is 9.75. The minimum Gasteiger partial charge on any atom is -0.381 e. The lowest BCUT2D eigenvalue weighted by atomic mass is 9.79. The topological polar surface area (TPSA) is 33.3 Å². The van der Waals surface area contributed by atoms with E-state index in [1.165, 1.54) is 57.9 Å². The summed E-state index contributed by atoms with van der Waals surface area (Å²) >= 11 is 0. The Morgan fingerprint density at radius 2 is 1.90 bits per heavy atom. The molecule has 0 radical (unpaired) electrons. The largest absolute Gasteiger partial charge is 0.381 e. The summed E-state index contributed by atoms with van der Waals surface area (Å²) in [4.78, 5) is 0. The van der Waals surface area contributed by atoms with Crippen LogP contribution in [0.4, 0.5) is 0 Å². The van der Waals surface area contributed by atoms with E-state index >= 15 is 0 Å². The Morgan fingerprint density at radius 1 is 1.05 bits per heavy atom. The van der Waals surface area contributed by atoms with Crippen LogP contribution in [0.1, 0.15) is 64.7 Å². The molecule has 0 aromatic rings. The van der Waals surface area contributed by atoms with Gasteiger partial charge in [0.05, 0.1) is 0 Å². The van der Waals surface area contributed by atoms with E-state index in [1.807, 2.05) is 0 Å². The average molecular weight is 282 g/mol. The molecule has 1 saturated heterocycles. The van der Waals surface area contributed by atoms with Gasteiger partial charge < -0.3 is 15.4 Å². The predicted octanol–water partition coefficient (Wildman–Crippen LogP) is 3.09. The zero-order valence-electron chi connectivity index (χ0n) is 13.3. The molecule has 3 heteroatoms. The van der Waals surface area contributed by atoms with E-state index in [0.717, 1.165) is 44.2 Å². The van der Waals surface area contributed by atoms with Gasteiger partial charge in [-0.1, -0.05) is 26.2 Å². The molecule has 0 bridgehead atoms. The van der Waals surface area contributed by atoms with Crippen molar-refractivity contribution in [3.63, 3.8) is 0 Å². The highest BCUT2D eigenvalue weighted by atomic mass is 16.5. The fraction of sp³-hybridized carbons (Fsp3) is 1.00. The van der Waals surface area contributed by atoms with E-state index in [9.17, 15) is 0 Å². The first-order valence-corrected chi connectivity index (χ1v) is 8.96. The van der Waals surface area contributed by atoms with Gasteiger partial charge in [-0.2, -0.15) is 0 Å². The zero-order chi connectivity index (χ0) is 14.0. The summed E-state index contributed by atoms with van der Waals surface area (Å²) in [5.41, 5.74) is 0. The molecule has 0 aromatic carbocycles. The van der Waals surface area contributed by atoms with Crippen molar-refractivity contribution in [3.8, 4) is 0 Å². The third-order valence-corrected chi connectivity index (χ3v) is 4.95. The van der Waals surface area contributed by atoms with Crippen molar-refractivity contribution in [1.82, 2.24) is 10.6 Å². The fourth-order valence-corrected chi connectivity index (χ4v) is 3.78. The summed E-state index contributed by atoms with van der Waals surface area (Å²) in [6, 6.07) is 1.53. The Labute approximate surface area is 125 Å². The average Bonchev–Trinajstić information content (AvgIpc) is 3.01. The summed E-state index contributed by atoms with van der Waals surface area (Å²) < 4.78 is 5.64. The van der Waals surface area contributed by atoms with Crippen molar-refractivity contribution in [1.29, 1.82) is 0 Å². The molecule has 1 saturated carbocycles. The summed E-state index contributed by atoms with van der Waals surface area (Å²) in [5.74, 6) is 0.868. The molecule has 0 spiro atoms. The van der Waals surface area contributed by atoms with E-state index in [0.29, 0.717) is 0 Å². The zero-order valence-corrected chi connectivity index (χ0v) is 13.3. The molecular weight excluding hydrogens is 248 g/mol. The summed E-state index contributed by atoms with van der Waals surface area (Å²) in [7, 11) is 0. The molecule has 2 rings (SSSR count). The third-order valence-electron chi connectivity index (χ3n) is 4.95. The van der Waals surface area contributed by atoms with Crippen LogP contribution < -0.4 is 10.6 Å². The van der Waals surface area contributed by atoms with Gasteiger partial charge >= 0.3 is 0 Å². The van der Waals surface area contributed by atoms with Crippen LogP contribution in [0.5, 0.6) is 0 Å². The number of unbranched alkanes of at least 4 members (excludes halogenated alkanes) is 1. The third kappa shape index (κ3) is 5.34. The first-order valence-electron chi connectivity index (χ1n) is 8.96. The number of rotatable bonds is 9. The minimum atomic E-state index is 0.745. The highest BCUT2D eigenvalue weighted by Crippen LogP contribution is 2.30. The van der Waals surface area contributed by atoms with E-state index in [1.54, 1.807) is 0 Å². The lowest BCUT2D eigenvalue weighted by Crippen LogP contribution is -2.47. The van der Waals surface area contributed by atoms with Gasteiger partial charge in [0, 0.05) is 25.3 Å². The van der Waals surface area contributed by atoms with Crippen LogP contribution in [0.3, 0.4) is 0 Å². The van der Waals surface area contributed by atoms with Gasteiger partial charge in [-0.15, -0.1) is 0 Å². The van der Waals surface area contributed by atoms with Gasteiger partial charge in [-0.3, -0.25) is 0 Å². The molecule has 1 aliphatic carbocycles.